The number of hydrogen-bond donors (Lipinski definition) is 8. The number of phosphoric ester groups is 1. The Balaban J connectivity index is 1.80. The normalized spacial score (nSPS) is 35.1. The molecule has 0 bridgehead atoms. The lowest BCUT2D eigenvalue weighted by molar-refractivity contribution is -0.204. The van der Waals surface area contributed by atoms with Gasteiger partial charge in [0.25, 0.3) is 11.8 Å². The topological polar surface area (TPSA) is 268 Å². The van der Waals surface area contributed by atoms with E-state index in [1.54, 1.807) is 6.92 Å². The second kappa shape index (κ2) is 8.67. The Bertz CT molecular complexity index is 1120. The molecule has 0 aliphatic carbocycles. The van der Waals surface area contributed by atoms with Crippen LogP contribution in [0.5, 0.6) is 0 Å². The Hall–Kier alpha value is -1.30. The van der Waals surface area contributed by atoms with Crippen LogP contribution in [0, 0.1) is 0 Å². The van der Waals surface area contributed by atoms with Crippen molar-refractivity contribution in [1.29, 1.82) is 0 Å². The quantitative estimate of drug-likeness (QED) is 0.179. The lowest BCUT2D eigenvalue weighted by Gasteiger charge is -2.30. The lowest BCUT2D eigenvalue weighted by atomic mass is 9.95. The van der Waals surface area contributed by atoms with Gasteiger partial charge in [-0.15, -0.1) is 0 Å². The first kappa shape index (κ1) is 27.3. The minimum Gasteiger partial charge on any atom is -0.384 e. The molecule has 34 heavy (non-hydrogen) atoms. The Morgan fingerprint density at radius 3 is 2.41 bits per heavy atom. The number of carbonyl (C=O) groups excluding carboxylic acids is 1. The highest BCUT2D eigenvalue weighted by Crippen LogP contribution is 2.66. The maximum absolute atomic E-state index is 15.4. The minimum absolute atomic E-state index is 0.00846. The smallest absolute Gasteiger partial charge is 0.384 e. The van der Waals surface area contributed by atoms with Gasteiger partial charge in [0.05, 0.1) is 12.5 Å². The van der Waals surface area contributed by atoms with E-state index in [9.17, 15) is 33.6 Å². The number of nitrogens with one attached hydrogen (secondary N) is 2. The van der Waals surface area contributed by atoms with Crippen molar-refractivity contribution in [3.8, 4) is 0 Å². The molecule has 0 spiro atoms. The average Bonchev–Trinajstić information content (AvgIpc) is 3.11. The number of aliphatic hydroxyl groups is 2. The highest BCUT2D eigenvalue weighted by Gasteiger charge is 2.64. The summed E-state index contributed by atoms with van der Waals surface area (Å²) in [5.41, 5.74) is -2.60. The molecule has 1 aromatic heterocycles. The van der Waals surface area contributed by atoms with E-state index in [0.29, 0.717) is 0 Å². The fourth-order valence-electron chi connectivity index (χ4n) is 3.22. The third-order valence-electron chi connectivity index (χ3n) is 4.57. The standard InChI is InChI=1S/C12H20FN4O14P3/c1-5-15-7-6(8(18)16-5)14-4-17(7)10-11(2,20)9(19)12(13,29-10)3-28-33(24,25)31-34(26,27)30-32(21,22)23/h4-5,9-10,15,19-20H,3H2,1-2H3,(H,16,18)(H,24,25)(H,26,27)(H2,21,22,23)/t5?,9-,10+,11+,12+/m0/s1. The fraction of sp³-hybridized carbons (Fsp3) is 0.667. The molecule has 0 saturated carbocycles. The lowest BCUT2D eigenvalue weighted by Crippen LogP contribution is -2.49. The highest BCUT2D eigenvalue weighted by atomic mass is 31.3. The van der Waals surface area contributed by atoms with Crippen molar-refractivity contribution in [2.24, 2.45) is 0 Å². The SMILES string of the molecule is CC1NC(=O)c2ncn([C@@H]3O[C@](F)(COP(=O)(O)OP(=O)(O)OP(=O)(O)O)[C@@H](O)[C@@]3(C)O)c2N1. The van der Waals surface area contributed by atoms with Crippen LogP contribution in [0.4, 0.5) is 10.2 Å². The average molecular weight is 556 g/mol. The third-order valence-corrected chi connectivity index (χ3v) is 8.35. The first-order valence-electron chi connectivity index (χ1n) is 8.96. The summed E-state index contributed by atoms with van der Waals surface area (Å²) in [6.45, 7) is 0.807. The van der Waals surface area contributed by atoms with E-state index in [1.807, 2.05) is 0 Å². The zero-order valence-electron chi connectivity index (χ0n) is 17.1. The molecule has 7 atom stereocenters. The number of anilines is 1. The second-order valence-electron chi connectivity index (χ2n) is 7.44. The number of alkyl halides is 1. The molecule has 1 aromatic rings. The molecule has 22 heteroatoms. The number of halogens is 1. The van der Waals surface area contributed by atoms with Crippen LogP contribution in [-0.4, -0.2) is 75.6 Å². The fourth-order valence-corrected chi connectivity index (χ4v) is 6.25. The van der Waals surface area contributed by atoms with Gasteiger partial charge < -0.3 is 45.2 Å². The van der Waals surface area contributed by atoms with E-state index in [4.69, 9.17) is 19.4 Å². The Labute approximate surface area is 189 Å². The van der Waals surface area contributed by atoms with Crippen LogP contribution in [-0.2, 0) is 31.6 Å². The van der Waals surface area contributed by atoms with E-state index in [-0.39, 0.29) is 11.5 Å². The first-order chi connectivity index (χ1) is 15.3. The number of phosphoric acid groups is 3. The Morgan fingerprint density at radius 1 is 1.21 bits per heavy atom. The molecule has 1 amide bonds. The monoisotopic (exact) mass is 556 g/mol. The van der Waals surface area contributed by atoms with Gasteiger partial charge in [0.2, 0.25) is 0 Å². The van der Waals surface area contributed by atoms with E-state index < -0.39 is 65.9 Å². The van der Waals surface area contributed by atoms with Crippen molar-refractivity contribution in [2.75, 3.05) is 11.9 Å². The molecule has 0 radical (unpaired) electrons. The predicted molar refractivity (Wildman–Crippen MR) is 103 cm³/mol. The number of nitrogens with zero attached hydrogens (tertiary/aromatic N) is 2. The first-order valence-corrected chi connectivity index (χ1v) is 13.5. The molecule has 0 aromatic carbocycles. The second-order valence-corrected chi connectivity index (χ2v) is 11.9. The minimum atomic E-state index is -5.87. The summed E-state index contributed by atoms with van der Waals surface area (Å²) in [7, 11) is -17.3. The maximum atomic E-state index is 15.4. The van der Waals surface area contributed by atoms with E-state index >= 15 is 4.39 Å². The predicted octanol–water partition coefficient (Wildman–Crippen LogP) is -0.966. The Kier molecular flexibility index (Phi) is 6.96. The zero-order chi connectivity index (χ0) is 25.9. The molecule has 1 saturated heterocycles. The van der Waals surface area contributed by atoms with Gasteiger partial charge in [0, 0.05) is 0 Å². The Morgan fingerprint density at radius 2 is 1.82 bits per heavy atom. The van der Waals surface area contributed by atoms with Crippen LogP contribution >= 0.6 is 23.5 Å². The number of fused-ring (bicyclic) bond motifs is 1. The third kappa shape index (κ3) is 5.57. The van der Waals surface area contributed by atoms with E-state index in [1.165, 1.54) is 0 Å². The van der Waals surface area contributed by atoms with Crippen molar-refractivity contribution in [2.45, 2.75) is 43.8 Å². The molecule has 2 aliphatic rings. The molecule has 3 rings (SSSR count). The van der Waals surface area contributed by atoms with Gasteiger partial charge in [0.1, 0.15) is 24.1 Å². The molecule has 194 valence electrons. The molecule has 18 nitrogen and oxygen atoms in total. The van der Waals surface area contributed by atoms with Crippen LogP contribution in [0.3, 0.4) is 0 Å². The number of aromatic nitrogens is 2. The van der Waals surface area contributed by atoms with E-state index in [2.05, 4.69) is 28.8 Å². The number of carbonyl (C=O) groups is 1. The van der Waals surface area contributed by atoms with Gasteiger partial charge in [-0.1, -0.05) is 0 Å². The number of amides is 1. The van der Waals surface area contributed by atoms with Crippen LogP contribution in [0.1, 0.15) is 30.6 Å². The zero-order valence-corrected chi connectivity index (χ0v) is 19.8. The number of ether oxygens (including phenoxy) is 1. The highest BCUT2D eigenvalue weighted by molar-refractivity contribution is 7.66. The van der Waals surface area contributed by atoms with Crippen molar-refractivity contribution in [3.05, 3.63) is 12.0 Å². The van der Waals surface area contributed by atoms with Gasteiger partial charge >= 0.3 is 23.5 Å². The summed E-state index contributed by atoms with van der Waals surface area (Å²) >= 11 is 0. The summed E-state index contributed by atoms with van der Waals surface area (Å²) < 4.78 is 66.5. The van der Waals surface area contributed by atoms with Gasteiger partial charge in [0.15, 0.2) is 11.9 Å². The largest absolute Gasteiger partial charge is 0.490 e. The van der Waals surface area contributed by atoms with Crippen molar-refractivity contribution in [3.63, 3.8) is 0 Å². The van der Waals surface area contributed by atoms with Crippen LogP contribution in [0.25, 0.3) is 0 Å². The summed E-state index contributed by atoms with van der Waals surface area (Å²) in [6.07, 6.45) is -3.86. The number of rotatable bonds is 8. The molecular weight excluding hydrogens is 536 g/mol. The summed E-state index contributed by atoms with van der Waals surface area (Å²) in [5, 5.41) is 26.3. The van der Waals surface area contributed by atoms with Gasteiger partial charge in [-0.3, -0.25) is 13.9 Å². The number of hydrogen-bond acceptors (Lipinski definition) is 12. The molecule has 3 unspecified atom stereocenters. The van der Waals surface area contributed by atoms with Crippen molar-refractivity contribution < 1.29 is 70.5 Å². The summed E-state index contributed by atoms with van der Waals surface area (Å²) in [4.78, 5) is 51.5. The number of imidazole rings is 1. The number of aliphatic hydroxyl groups excluding tert-OH is 1. The summed E-state index contributed by atoms with van der Waals surface area (Å²) in [6, 6.07) is 0. The van der Waals surface area contributed by atoms with Gasteiger partial charge in [-0.25, -0.2) is 23.1 Å². The van der Waals surface area contributed by atoms with Crippen molar-refractivity contribution in [1.82, 2.24) is 14.9 Å². The van der Waals surface area contributed by atoms with Crippen molar-refractivity contribution >= 4 is 35.2 Å². The van der Waals surface area contributed by atoms with Crippen LogP contribution in [0.2, 0.25) is 0 Å². The van der Waals surface area contributed by atoms with E-state index in [0.717, 1.165) is 17.8 Å². The van der Waals surface area contributed by atoms with Gasteiger partial charge in [-0.05, 0) is 13.8 Å². The van der Waals surface area contributed by atoms with Crippen LogP contribution in [0.15, 0.2) is 6.33 Å². The summed E-state index contributed by atoms with van der Waals surface area (Å²) in [5.74, 6) is -4.05. The molecule has 3 heterocycles. The van der Waals surface area contributed by atoms with Gasteiger partial charge in [-0.2, -0.15) is 8.62 Å². The van der Waals surface area contributed by atoms with Crippen LogP contribution < -0.4 is 10.6 Å². The maximum Gasteiger partial charge on any atom is 0.490 e. The molecular formula is C12H20FN4O14P3. The molecule has 8 N–H and O–H groups in total. The molecule has 2 aliphatic heterocycles. The molecule has 1 fully saturated rings.